The third-order valence-electron chi connectivity index (χ3n) is 12.5. The average molecular weight is 1100 g/mol. The molecule has 0 saturated heterocycles. The molecule has 17 nitrogen and oxygen atoms in total. The highest BCUT2D eigenvalue weighted by Gasteiger charge is 2.30. The molecule has 0 fully saturated rings. The lowest BCUT2D eigenvalue weighted by atomic mass is 10.0. The molecule has 2 unspecified atom stereocenters. The first-order valence-electron chi connectivity index (χ1n) is 29.1. The first kappa shape index (κ1) is 72.1. The molecular formula is C55H106O17P2. The molecule has 0 radical (unpaired) electrons. The predicted octanol–water partition coefficient (Wildman–Crippen LogP) is 14.3. The zero-order chi connectivity index (χ0) is 55.0. The van der Waals surface area contributed by atoms with Crippen LogP contribution in [-0.4, -0.2) is 96.7 Å². The highest BCUT2D eigenvalue weighted by molar-refractivity contribution is 7.47. The third kappa shape index (κ3) is 49.6. The molecule has 0 aliphatic heterocycles. The standard InChI is InChI=1S/C55H106O17P2/c1-6-9-12-15-16-17-18-22-25-30-34-39-53(58)66-45-51(72-55(60)41-36-31-26-23-20-19-21-24-29-32-37-48(4)5)47-70-74(63,64)68-43-49(56)42-67-73(61,62)69-46-50(71-54(59)40-35-28-14-11-8-3)44-65-52(57)38-33-27-13-10-7-2/h48-51,56H,6-47H2,1-5H3,(H,61,62)(H,63,64)/t49-,50+,51+/m0/s1. The van der Waals surface area contributed by atoms with Gasteiger partial charge in [0.25, 0.3) is 0 Å². The second kappa shape index (κ2) is 49.4. The Bertz CT molecular complexity index is 1470. The van der Waals surface area contributed by atoms with Crippen molar-refractivity contribution in [3.05, 3.63) is 0 Å². The summed E-state index contributed by atoms with van der Waals surface area (Å²) in [6.45, 7) is 6.93. The minimum atomic E-state index is -4.93. The molecule has 5 atom stereocenters. The number of hydrogen-bond donors (Lipinski definition) is 3. The van der Waals surface area contributed by atoms with Crippen molar-refractivity contribution in [1.29, 1.82) is 0 Å². The van der Waals surface area contributed by atoms with Crippen LogP contribution in [0.2, 0.25) is 0 Å². The van der Waals surface area contributed by atoms with E-state index >= 15 is 0 Å². The van der Waals surface area contributed by atoms with Gasteiger partial charge in [0.1, 0.15) is 19.3 Å². The Morgan fingerprint density at radius 3 is 0.919 bits per heavy atom. The molecule has 0 heterocycles. The van der Waals surface area contributed by atoms with Crippen molar-refractivity contribution < 1.29 is 80.2 Å². The summed E-state index contributed by atoms with van der Waals surface area (Å²) in [5.74, 6) is -1.42. The third-order valence-corrected chi connectivity index (χ3v) is 14.4. The lowest BCUT2D eigenvalue weighted by Crippen LogP contribution is -2.30. The second-order valence-corrected chi connectivity index (χ2v) is 23.4. The van der Waals surface area contributed by atoms with E-state index in [9.17, 15) is 43.2 Å². The van der Waals surface area contributed by atoms with Crippen LogP contribution in [0.25, 0.3) is 0 Å². The van der Waals surface area contributed by atoms with Crippen LogP contribution in [0.15, 0.2) is 0 Å². The summed E-state index contributed by atoms with van der Waals surface area (Å²) in [4.78, 5) is 71.3. The monoisotopic (exact) mass is 1100 g/mol. The number of esters is 4. The first-order valence-corrected chi connectivity index (χ1v) is 32.1. The van der Waals surface area contributed by atoms with E-state index in [4.69, 9.17) is 37.0 Å². The molecule has 0 aliphatic carbocycles. The Hall–Kier alpha value is -1.94. The number of phosphoric acid groups is 2. The topological polar surface area (TPSA) is 237 Å². The molecule has 0 spiro atoms. The van der Waals surface area contributed by atoms with Crippen LogP contribution in [0, 0.1) is 5.92 Å². The smallest absolute Gasteiger partial charge is 0.462 e. The van der Waals surface area contributed by atoms with Gasteiger partial charge in [-0.1, -0.05) is 214 Å². The van der Waals surface area contributed by atoms with Crippen molar-refractivity contribution in [1.82, 2.24) is 0 Å². The van der Waals surface area contributed by atoms with E-state index in [0.29, 0.717) is 25.7 Å². The molecule has 3 N–H and O–H groups in total. The number of hydrogen-bond acceptors (Lipinski definition) is 15. The van der Waals surface area contributed by atoms with Gasteiger partial charge in [-0.25, -0.2) is 9.13 Å². The minimum Gasteiger partial charge on any atom is -0.462 e. The molecule has 0 aromatic carbocycles. The van der Waals surface area contributed by atoms with Crippen LogP contribution in [0.5, 0.6) is 0 Å². The van der Waals surface area contributed by atoms with Crippen LogP contribution in [0.3, 0.4) is 0 Å². The molecule has 0 rings (SSSR count). The van der Waals surface area contributed by atoms with Crippen LogP contribution < -0.4 is 0 Å². The molecule has 0 aromatic rings. The summed E-state index contributed by atoms with van der Waals surface area (Å²) in [6, 6.07) is 0. The predicted molar refractivity (Wildman–Crippen MR) is 289 cm³/mol. The number of rotatable bonds is 55. The number of carbonyl (C=O) groups is 4. The van der Waals surface area contributed by atoms with Crippen molar-refractivity contribution in [2.45, 2.75) is 284 Å². The Morgan fingerprint density at radius 2 is 0.622 bits per heavy atom. The van der Waals surface area contributed by atoms with Crippen molar-refractivity contribution >= 4 is 39.5 Å². The normalized spacial score (nSPS) is 14.5. The van der Waals surface area contributed by atoms with E-state index in [2.05, 4.69) is 34.6 Å². The summed E-state index contributed by atoms with van der Waals surface area (Å²) in [7, 11) is -9.85. The summed E-state index contributed by atoms with van der Waals surface area (Å²) in [6.07, 6.45) is 30.1. The number of carbonyl (C=O) groups excluding carboxylic acids is 4. The molecule has 74 heavy (non-hydrogen) atoms. The first-order chi connectivity index (χ1) is 35.5. The second-order valence-electron chi connectivity index (χ2n) is 20.4. The fraction of sp³-hybridized carbons (Fsp3) is 0.927. The Balaban J connectivity index is 5.14. The van der Waals surface area contributed by atoms with E-state index in [0.717, 1.165) is 102 Å². The lowest BCUT2D eigenvalue weighted by Gasteiger charge is -2.21. The van der Waals surface area contributed by atoms with Gasteiger partial charge in [-0.2, -0.15) is 0 Å². The van der Waals surface area contributed by atoms with Crippen LogP contribution >= 0.6 is 15.6 Å². The fourth-order valence-corrected chi connectivity index (χ4v) is 9.57. The summed E-state index contributed by atoms with van der Waals surface area (Å²) >= 11 is 0. The van der Waals surface area contributed by atoms with Gasteiger partial charge in [-0.3, -0.25) is 37.3 Å². The molecule has 0 aliphatic rings. The van der Waals surface area contributed by atoms with E-state index in [1.165, 1.54) is 83.5 Å². The number of unbranched alkanes of at least 4 members (excludes halogenated alkanes) is 27. The minimum absolute atomic E-state index is 0.0987. The van der Waals surface area contributed by atoms with Gasteiger partial charge in [0.2, 0.25) is 0 Å². The summed E-state index contributed by atoms with van der Waals surface area (Å²) in [5, 5.41) is 10.4. The fourth-order valence-electron chi connectivity index (χ4n) is 7.99. The highest BCUT2D eigenvalue weighted by atomic mass is 31.2. The molecular weight excluding hydrogens is 995 g/mol. The zero-order valence-corrected chi connectivity index (χ0v) is 48.7. The van der Waals surface area contributed by atoms with Gasteiger partial charge >= 0.3 is 39.5 Å². The molecule has 0 saturated carbocycles. The number of aliphatic hydroxyl groups is 1. The Morgan fingerprint density at radius 1 is 0.365 bits per heavy atom. The van der Waals surface area contributed by atoms with Gasteiger partial charge in [-0.05, 0) is 31.6 Å². The van der Waals surface area contributed by atoms with Crippen LogP contribution in [0.1, 0.15) is 266 Å². The highest BCUT2D eigenvalue weighted by Crippen LogP contribution is 2.45. The van der Waals surface area contributed by atoms with Gasteiger partial charge in [0, 0.05) is 25.7 Å². The maximum Gasteiger partial charge on any atom is 0.472 e. The zero-order valence-electron chi connectivity index (χ0n) is 47.0. The largest absolute Gasteiger partial charge is 0.472 e. The van der Waals surface area contributed by atoms with Crippen molar-refractivity contribution in [2.24, 2.45) is 5.92 Å². The molecule has 438 valence electrons. The number of phosphoric ester groups is 2. The number of ether oxygens (including phenoxy) is 4. The molecule has 0 aromatic heterocycles. The average Bonchev–Trinajstić information content (AvgIpc) is 3.36. The quantitative estimate of drug-likeness (QED) is 0.0222. The Kier molecular flexibility index (Phi) is 48.1. The van der Waals surface area contributed by atoms with E-state index in [1.54, 1.807) is 0 Å². The van der Waals surface area contributed by atoms with Crippen molar-refractivity contribution in [3.8, 4) is 0 Å². The summed E-state index contributed by atoms with van der Waals surface area (Å²) in [5.41, 5.74) is 0. The van der Waals surface area contributed by atoms with Gasteiger partial charge < -0.3 is 33.8 Å². The molecule has 0 bridgehead atoms. The number of aliphatic hydroxyl groups excluding tert-OH is 1. The van der Waals surface area contributed by atoms with E-state index in [-0.39, 0.29) is 25.7 Å². The lowest BCUT2D eigenvalue weighted by molar-refractivity contribution is -0.161. The maximum absolute atomic E-state index is 12.9. The Labute approximate surface area is 447 Å². The van der Waals surface area contributed by atoms with E-state index < -0.39 is 97.5 Å². The summed E-state index contributed by atoms with van der Waals surface area (Å²) < 4.78 is 67.2. The van der Waals surface area contributed by atoms with Gasteiger partial charge in [0.05, 0.1) is 26.4 Å². The molecule has 0 amide bonds. The van der Waals surface area contributed by atoms with Crippen LogP contribution in [0.4, 0.5) is 0 Å². The maximum atomic E-state index is 12.9. The van der Waals surface area contributed by atoms with Crippen molar-refractivity contribution in [2.75, 3.05) is 39.6 Å². The van der Waals surface area contributed by atoms with Crippen molar-refractivity contribution in [3.63, 3.8) is 0 Å². The van der Waals surface area contributed by atoms with Gasteiger partial charge in [0.15, 0.2) is 12.2 Å². The van der Waals surface area contributed by atoms with Gasteiger partial charge in [-0.15, -0.1) is 0 Å². The van der Waals surface area contributed by atoms with Crippen LogP contribution in [-0.2, 0) is 65.4 Å². The molecule has 19 heteroatoms. The van der Waals surface area contributed by atoms with E-state index in [1.807, 2.05) is 0 Å². The SMILES string of the molecule is CCCCCCCCCCCCCC(=O)OC[C@H](COP(=O)(O)OC[C@@H](O)COP(=O)(O)OC[C@@H](COC(=O)CCCCCCC)OC(=O)CCCCCCC)OC(=O)CCCCCCCCCCCCC(C)C.